The van der Waals surface area contributed by atoms with Crippen LogP contribution in [0.1, 0.15) is 37.6 Å². The molecule has 1 aromatic heterocycles. The highest BCUT2D eigenvalue weighted by atomic mass is 35.5. The molecular formula is C22H25ClN4O. The highest BCUT2D eigenvalue weighted by Crippen LogP contribution is 2.24. The molecule has 3 rings (SSSR count). The number of nitrogens with one attached hydrogen (secondary N) is 1. The van der Waals surface area contributed by atoms with Gasteiger partial charge in [0, 0.05) is 28.3 Å². The number of carbonyl (C=O) groups excluding carboxylic acids is 1. The van der Waals surface area contributed by atoms with E-state index in [1.54, 1.807) is 16.8 Å². The van der Waals surface area contributed by atoms with Crippen LogP contribution in [0.3, 0.4) is 0 Å². The Hall–Kier alpha value is -2.79. The molecule has 5 nitrogen and oxygen atoms in total. The Balaban J connectivity index is 1.76. The number of nitrogens with two attached hydrogens (primary N) is 1. The van der Waals surface area contributed by atoms with Crippen molar-refractivity contribution in [2.24, 2.45) is 5.92 Å². The van der Waals surface area contributed by atoms with E-state index in [1.807, 2.05) is 49.4 Å². The largest absolute Gasteiger partial charge is 0.384 e. The first-order valence-electron chi connectivity index (χ1n) is 9.36. The number of aromatic nitrogens is 2. The number of halogens is 1. The smallest absolute Gasteiger partial charge is 0.251 e. The standard InChI is InChI=1S/C22H25ClN4O/c1-14(2)12-15(3)25-22(28)17-6-10-19(11-7-17)27-21(24)13-20(26-27)16-4-8-18(23)9-5-16/h4-11,13-15H,12,24H2,1-3H3,(H,25,28). The van der Waals surface area contributed by atoms with Crippen LogP contribution in [0, 0.1) is 5.92 Å². The molecule has 0 radical (unpaired) electrons. The minimum Gasteiger partial charge on any atom is -0.384 e. The van der Waals surface area contributed by atoms with E-state index in [1.165, 1.54) is 0 Å². The first-order chi connectivity index (χ1) is 13.3. The molecule has 1 atom stereocenters. The third-order valence-electron chi connectivity index (χ3n) is 4.45. The fraction of sp³-hybridized carbons (Fsp3) is 0.273. The maximum atomic E-state index is 12.4. The number of benzene rings is 2. The van der Waals surface area contributed by atoms with Crippen LogP contribution in [-0.4, -0.2) is 21.7 Å². The van der Waals surface area contributed by atoms with Crippen LogP contribution in [-0.2, 0) is 0 Å². The SMILES string of the molecule is CC(C)CC(C)NC(=O)c1ccc(-n2nc(-c3ccc(Cl)cc3)cc2N)cc1. The highest BCUT2D eigenvalue weighted by molar-refractivity contribution is 6.30. The zero-order valence-electron chi connectivity index (χ0n) is 16.3. The first-order valence-corrected chi connectivity index (χ1v) is 9.74. The summed E-state index contributed by atoms with van der Waals surface area (Å²) in [7, 11) is 0. The predicted molar refractivity (Wildman–Crippen MR) is 115 cm³/mol. The van der Waals surface area contributed by atoms with Gasteiger partial charge in [0.1, 0.15) is 5.82 Å². The molecule has 0 aliphatic rings. The number of hydrogen-bond donors (Lipinski definition) is 2. The van der Waals surface area contributed by atoms with Crippen molar-refractivity contribution < 1.29 is 4.79 Å². The lowest BCUT2D eigenvalue weighted by molar-refractivity contribution is 0.0936. The molecule has 0 fully saturated rings. The van der Waals surface area contributed by atoms with E-state index in [4.69, 9.17) is 17.3 Å². The fourth-order valence-electron chi connectivity index (χ4n) is 3.19. The Morgan fingerprint density at radius 3 is 2.36 bits per heavy atom. The van der Waals surface area contributed by atoms with Crippen LogP contribution in [0.4, 0.5) is 5.82 Å². The minimum atomic E-state index is -0.0741. The van der Waals surface area contributed by atoms with E-state index < -0.39 is 0 Å². The van der Waals surface area contributed by atoms with Crippen LogP contribution < -0.4 is 11.1 Å². The summed E-state index contributed by atoms with van der Waals surface area (Å²) in [6.07, 6.45) is 0.946. The number of carbonyl (C=O) groups is 1. The van der Waals surface area contributed by atoms with Crippen molar-refractivity contribution in [2.75, 3.05) is 5.73 Å². The van der Waals surface area contributed by atoms with E-state index in [-0.39, 0.29) is 11.9 Å². The summed E-state index contributed by atoms with van der Waals surface area (Å²) in [5.41, 5.74) is 9.25. The van der Waals surface area contributed by atoms with Crippen molar-refractivity contribution in [1.82, 2.24) is 15.1 Å². The maximum absolute atomic E-state index is 12.4. The summed E-state index contributed by atoms with van der Waals surface area (Å²) >= 11 is 5.94. The molecule has 0 spiro atoms. The molecule has 1 heterocycles. The van der Waals surface area contributed by atoms with Gasteiger partial charge in [0.05, 0.1) is 11.4 Å². The number of amides is 1. The van der Waals surface area contributed by atoms with Crippen LogP contribution in [0.25, 0.3) is 16.9 Å². The fourth-order valence-corrected chi connectivity index (χ4v) is 3.32. The van der Waals surface area contributed by atoms with Crippen LogP contribution >= 0.6 is 11.6 Å². The minimum absolute atomic E-state index is 0.0741. The Kier molecular flexibility index (Phi) is 6.05. The summed E-state index contributed by atoms with van der Waals surface area (Å²) < 4.78 is 1.66. The Morgan fingerprint density at radius 2 is 1.75 bits per heavy atom. The van der Waals surface area contributed by atoms with Gasteiger partial charge < -0.3 is 11.1 Å². The zero-order chi connectivity index (χ0) is 20.3. The second-order valence-corrected chi connectivity index (χ2v) is 7.86. The van der Waals surface area contributed by atoms with Gasteiger partial charge in [-0.15, -0.1) is 0 Å². The topological polar surface area (TPSA) is 72.9 Å². The molecule has 1 unspecified atom stereocenters. The van der Waals surface area contributed by atoms with E-state index in [9.17, 15) is 4.79 Å². The third kappa shape index (κ3) is 4.73. The average molecular weight is 397 g/mol. The van der Waals surface area contributed by atoms with Gasteiger partial charge in [0.25, 0.3) is 5.91 Å². The van der Waals surface area contributed by atoms with Crippen LogP contribution in [0.5, 0.6) is 0 Å². The van der Waals surface area contributed by atoms with Gasteiger partial charge >= 0.3 is 0 Å². The van der Waals surface area contributed by atoms with E-state index in [2.05, 4.69) is 24.3 Å². The molecular weight excluding hydrogens is 372 g/mol. The van der Waals surface area contributed by atoms with Crippen molar-refractivity contribution >= 4 is 23.3 Å². The summed E-state index contributed by atoms with van der Waals surface area (Å²) in [6.45, 7) is 6.31. The van der Waals surface area contributed by atoms with Gasteiger partial charge in [-0.05, 0) is 55.7 Å². The van der Waals surface area contributed by atoms with Gasteiger partial charge in [-0.1, -0.05) is 37.6 Å². The lowest BCUT2D eigenvalue weighted by Crippen LogP contribution is -2.33. The molecule has 146 valence electrons. The Morgan fingerprint density at radius 1 is 1.11 bits per heavy atom. The number of rotatable bonds is 6. The summed E-state index contributed by atoms with van der Waals surface area (Å²) in [5, 5.41) is 8.29. The molecule has 0 aliphatic heterocycles. The van der Waals surface area contributed by atoms with Crippen molar-refractivity contribution in [3.05, 3.63) is 65.2 Å². The molecule has 0 saturated heterocycles. The van der Waals surface area contributed by atoms with Crippen molar-refractivity contribution in [1.29, 1.82) is 0 Å². The molecule has 3 N–H and O–H groups in total. The lowest BCUT2D eigenvalue weighted by atomic mass is 10.0. The van der Waals surface area contributed by atoms with Crippen LogP contribution in [0.2, 0.25) is 5.02 Å². The van der Waals surface area contributed by atoms with E-state index in [0.29, 0.717) is 22.3 Å². The maximum Gasteiger partial charge on any atom is 0.251 e. The second kappa shape index (κ2) is 8.48. The van der Waals surface area contributed by atoms with E-state index >= 15 is 0 Å². The Labute approximate surface area is 170 Å². The van der Waals surface area contributed by atoms with Gasteiger partial charge in [0.2, 0.25) is 0 Å². The highest BCUT2D eigenvalue weighted by Gasteiger charge is 2.13. The summed E-state index contributed by atoms with van der Waals surface area (Å²) in [5.74, 6) is 0.984. The predicted octanol–water partition coefficient (Wildman–Crippen LogP) is 4.94. The molecule has 0 saturated carbocycles. The quantitative estimate of drug-likeness (QED) is 0.619. The van der Waals surface area contributed by atoms with Crippen molar-refractivity contribution in [2.45, 2.75) is 33.2 Å². The number of hydrogen-bond acceptors (Lipinski definition) is 3. The zero-order valence-corrected chi connectivity index (χ0v) is 17.1. The molecule has 2 aromatic carbocycles. The number of nitrogen functional groups attached to an aromatic ring is 1. The average Bonchev–Trinajstić information content (AvgIpc) is 3.03. The third-order valence-corrected chi connectivity index (χ3v) is 4.71. The van der Waals surface area contributed by atoms with Gasteiger partial charge in [0.15, 0.2) is 0 Å². The van der Waals surface area contributed by atoms with Crippen LogP contribution in [0.15, 0.2) is 54.6 Å². The van der Waals surface area contributed by atoms with Gasteiger partial charge in [-0.3, -0.25) is 4.79 Å². The van der Waals surface area contributed by atoms with Crippen molar-refractivity contribution in [3.63, 3.8) is 0 Å². The molecule has 0 aliphatic carbocycles. The van der Waals surface area contributed by atoms with Crippen molar-refractivity contribution in [3.8, 4) is 16.9 Å². The number of nitrogens with zero attached hydrogens (tertiary/aromatic N) is 2. The Bertz CT molecular complexity index is 946. The monoisotopic (exact) mass is 396 g/mol. The lowest BCUT2D eigenvalue weighted by Gasteiger charge is -2.16. The van der Waals surface area contributed by atoms with E-state index in [0.717, 1.165) is 23.4 Å². The summed E-state index contributed by atoms with van der Waals surface area (Å²) in [6, 6.07) is 16.7. The van der Waals surface area contributed by atoms with Gasteiger partial charge in [-0.2, -0.15) is 5.10 Å². The molecule has 1 amide bonds. The molecule has 6 heteroatoms. The summed E-state index contributed by atoms with van der Waals surface area (Å²) in [4.78, 5) is 12.4. The molecule has 28 heavy (non-hydrogen) atoms. The number of anilines is 1. The molecule has 0 bridgehead atoms. The first kappa shape index (κ1) is 20.0. The normalized spacial score (nSPS) is 12.2. The van der Waals surface area contributed by atoms with Gasteiger partial charge in [-0.25, -0.2) is 4.68 Å². The second-order valence-electron chi connectivity index (χ2n) is 7.42. The molecule has 3 aromatic rings.